The number of anilines is 1. The minimum absolute atomic E-state index is 0.106. The van der Waals surface area contributed by atoms with Crippen molar-refractivity contribution in [3.8, 4) is 0 Å². The number of nitrogens with zero attached hydrogens (tertiary/aromatic N) is 3. The fourth-order valence-electron chi connectivity index (χ4n) is 4.10. The van der Waals surface area contributed by atoms with Gasteiger partial charge in [-0.15, -0.1) is 11.3 Å². The first kappa shape index (κ1) is 26.2. The quantitative estimate of drug-likeness (QED) is 0.165. The van der Waals surface area contributed by atoms with Crippen LogP contribution in [0.1, 0.15) is 38.6 Å². The third-order valence-corrected chi connectivity index (χ3v) is 6.99. The van der Waals surface area contributed by atoms with Crippen LogP contribution in [0.4, 0.5) is 5.95 Å². The maximum Gasteiger partial charge on any atom is 0.324 e. The third kappa shape index (κ3) is 6.69. The molecule has 4 rings (SSSR count). The van der Waals surface area contributed by atoms with Gasteiger partial charge in [-0.3, -0.25) is 20.0 Å². The van der Waals surface area contributed by atoms with E-state index >= 15 is 0 Å². The van der Waals surface area contributed by atoms with Crippen molar-refractivity contribution in [1.29, 1.82) is 0 Å². The number of hydrogen-bond donors (Lipinski definition) is 4. The minimum Gasteiger partial charge on any atom is -0.468 e. The van der Waals surface area contributed by atoms with Gasteiger partial charge >= 0.3 is 5.97 Å². The van der Waals surface area contributed by atoms with Gasteiger partial charge in [-0.1, -0.05) is 18.2 Å². The van der Waals surface area contributed by atoms with Gasteiger partial charge in [-0.05, 0) is 49.8 Å². The number of rotatable bonds is 12. The molecule has 1 atom stereocenters. The van der Waals surface area contributed by atoms with Gasteiger partial charge in [-0.2, -0.15) is 5.10 Å². The summed E-state index contributed by atoms with van der Waals surface area (Å²) >= 11 is 1.34. The average Bonchev–Trinajstić information content (AvgIpc) is 3.60. The number of methoxy groups -OCH3 is 1. The fraction of sp³-hybridized carbons (Fsp3) is 0.346. The average molecular weight is 522 g/mol. The summed E-state index contributed by atoms with van der Waals surface area (Å²) in [5.41, 5.74) is 4.84. The Morgan fingerprint density at radius 3 is 2.68 bits per heavy atom. The van der Waals surface area contributed by atoms with Crippen LogP contribution in [0.25, 0.3) is 10.9 Å². The highest BCUT2D eigenvalue weighted by atomic mass is 32.1. The van der Waals surface area contributed by atoms with Crippen LogP contribution in [0, 0.1) is 13.8 Å². The van der Waals surface area contributed by atoms with E-state index < -0.39 is 12.0 Å². The maximum absolute atomic E-state index is 12.3. The highest BCUT2D eigenvalue weighted by Gasteiger charge is 2.21. The molecule has 3 heterocycles. The van der Waals surface area contributed by atoms with Crippen LogP contribution in [0.3, 0.4) is 0 Å². The SMILES string of the molecule is COC(=O)[C@H](CNC(=O)c1cccs1)NCc1c(C)nc(NCCCc2cccc3[nH]ncc23)nc1C. The van der Waals surface area contributed by atoms with Crippen LogP contribution >= 0.6 is 11.3 Å². The molecule has 4 aromatic rings. The van der Waals surface area contributed by atoms with Crippen LogP contribution in [-0.4, -0.2) is 58.3 Å². The van der Waals surface area contributed by atoms with E-state index in [0.717, 1.165) is 47.2 Å². The molecule has 3 aromatic heterocycles. The van der Waals surface area contributed by atoms with Gasteiger partial charge in [0.15, 0.2) is 0 Å². The Kier molecular flexibility index (Phi) is 8.81. The van der Waals surface area contributed by atoms with Crippen molar-refractivity contribution >= 4 is 40.1 Å². The number of nitrogens with one attached hydrogen (secondary N) is 4. The molecule has 11 heteroatoms. The molecule has 1 aromatic carbocycles. The lowest BCUT2D eigenvalue weighted by atomic mass is 10.1. The molecule has 0 aliphatic rings. The van der Waals surface area contributed by atoms with E-state index in [0.29, 0.717) is 17.4 Å². The van der Waals surface area contributed by atoms with Crippen molar-refractivity contribution < 1.29 is 14.3 Å². The number of carbonyl (C=O) groups excluding carboxylic acids is 2. The van der Waals surface area contributed by atoms with Crippen molar-refractivity contribution in [3.05, 3.63) is 69.3 Å². The Balaban J connectivity index is 1.30. The monoisotopic (exact) mass is 521 g/mol. The topological polar surface area (TPSA) is 134 Å². The van der Waals surface area contributed by atoms with Crippen molar-refractivity contribution in [3.63, 3.8) is 0 Å². The van der Waals surface area contributed by atoms with Crippen molar-refractivity contribution in [2.24, 2.45) is 0 Å². The van der Waals surface area contributed by atoms with E-state index in [1.54, 1.807) is 12.1 Å². The lowest BCUT2D eigenvalue weighted by Gasteiger charge is -2.19. The van der Waals surface area contributed by atoms with E-state index in [2.05, 4.69) is 42.2 Å². The first-order chi connectivity index (χ1) is 18.0. The number of ether oxygens (including phenoxy) is 1. The number of benzene rings is 1. The molecule has 0 fully saturated rings. The lowest BCUT2D eigenvalue weighted by molar-refractivity contribution is -0.143. The van der Waals surface area contributed by atoms with Crippen LogP contribution in [0.15, 0.2) is 41.9 Å². The zero-order valence-electron chi connectivity index (χ0n) is 21.1. The zero-order chi connectivity index (χ0) is 26.2. The smallest absolute Gasteiger partial charge is 0.324 e. The maximum atomic E-state index is 12.3. The van der Waals surface area contributed by atoms with Crippen LogP contribution in [0.2, 0.25) is 0 Å². The number of H-pyrrole nitrogens is 1. The molecule has 0 saturated heterocycles. The summed E-state index contributed by atoms with van der Waals surface area (Å²) in [5, 5.41) is 19.4. The standard InChI is InChI=1S/C26H31N7O3S/c1-16-19(13-28-22(25(35)36-3)15-29-24(34)23-10-6-12-37-23)17(2)32-26(31-16)27-11-5-8-18-7-4-9-21-20(18)14-30-33-21/h4,6-7,9-10,12,14,22,28H,5,8,11,13,15H2,1-3H3,(H,29,34)(H,30,33)(H,27,31,32)/t22-/m0/s1. The van der Waals surface area contributed by atoms with Gasteiger partial charge < -0.3 is 15.4 Å². The molecular formula is C26H31N7O3S. The van der Waals surface area contributed by atoms with Crippen molar-refractivity contribution in [2.75, 3.05) is 25.5 Å². The fourth-order valence-corrected chi connectivity index (χ4v) is 4.74. The molecule has 0 spiro atoms. The largest absolute Gasteiger partial charge is 0.468 e. The number of carbonyl (C=O) groups is 2. The molecule has 4 N–H and O–H groups in total. The molecule has 0 radical (unpaired) electrons. The van der Waals surface area contributed by atoms with E-state index in [-0.39, 0.29) is 12.5 Å². The van der Waals surface area contributed by atoms with Crippen LogP contribution < -0.4 is 16.0 Å². The number of amides is 1. The molecule has 0 saturated carbocycles. The Morgan fingerprint density at radius 1 is 1.14 bits per heavy atom. The summed E-state index contributed by atoms with van der Waals surface area (Å²) in [6, 6.07) is 9.02. The Bertz CT molecular complexity index is 1330. The zero-order valence-corrected chi connectivity index (χ0v) is 21.9. The molecule has 10 nitrogen and oxygen atoms in total. The highest BCUT2D eigenvalue weighted by Crippen LogP contribution is 2.18. The number of esters is 1. The van der Waals surface area contributed by atoms with E-state index in [1.807, 2.05) is 37.6 Å². The number of aromatic nitrogens is 4. The number of thiophene rings is 1. The van der Waals surface area contributed by atoms with Gasteiger partial charge in [0.1, 0.15) is 6.04 Å². The second-order valence-electron chi connectivity index (χ2n) is 8.62. The number of aryl methyl sites for hydroxylation is 3. The normalized spacial score (nSPS) is 11.9. The summed E-state index contributed by atoms with van der Waals surface area (Å²) in [5.74, 6) is -0.0987. The predicted molar refractivity (Wildman–Crippen MR) is 144 cm³/mol. The Hall–Kier alpha value is -3.83. The van der Waals surface area contributed by atoms with Gasteiger partial charge in [0.25, 0.3) is 5.91 Å². The predicted octanol–water partition coefficient (Wildman–Crippen LogP) is 3.14. The number of hydrogen-bond acceptors (Lipinski definition) is 9. The molecule has 0 bridgehead atoms. The van der Waals surface area contributed by atoms with Gasteiger partial charge in [-0.25, -0.2) is 9.97 Å². The summed E-state index contributed by atoms with van der Waals surface area (Å²) in [6.45, 7) is 5.04. The summed E-state index contributed by atoms with van der Waals surface area (Å²) < 4.78 is 4.91. The Morgan fingerprint density at radius 2 is 1.95 bits per heavy atom. The van der Waals surface area contributed by atoms with Gasteiger partial charge in [0.2, 0.25) is 5.95 Å². The van der Waals surface area contributed by atoms with E-state index in [9.17, 15) is 9.59 Å². The van der Waals surface area contributed by atoms with E-state index in [4.69, 9.17) is 4.74 Å². The summed E-state index contributed by atoms with van der Waals surface area (Å²) in [4.78, 5) is 34.4. The van der Waals surface area contributed by atoms with Crippen molar-refractivity contribution in [2.45, 2.75) is 39.3 Å². The molecule has 37 heavy (non-hydrogen) atoms. The summed E-state index contributed by atoms with van der Waals surface area (Å²) in [7, 11) is 1.33. The highest BCUT2D eigenvalue weighted by molar-refractivity contribution is 7.12. The second-order valence-corrected chi connectivity index (χ2v) is 9.57. The number of aromatic amines is 1. The van der Waals surface area contributed by atoms with Gasteiger partial charge in [0.05, 0.1) is 23.7 Å². The molecule has 0 unspecified atom stereocenters. The van der Waals surface area contributed by atoms with Crippen LogP contribution in [-0.2, 0) is 22.5 Å². The molecule has 194 valence electrons. The Labute approximate surface area is 219 Å². The number of fused-ring (bicyclic) bond motifs is 1. The third-order valence-electron chi connectivity index (χ3n) is 6.12. The second kappa shape index (κ2) is 12.4. The molecule has 0 aliphatic carbocycles. The minimum atomic E-state index is -0.704. The van der Waals surface area contributed by atoms with Crippen LogP contribution in [0.5, 0.6) is 0 Å². The van der Waals surface area contributed by atoms with E-state index in [1.165, 1.54) is 24.0 Å². The van der Waals surface area contributed by atoms with Crippen molar-refractivity contribution in [1.82, 2.24) is 30.8 Å². The molecular weight excluding hydrogens is 490 g/mol. The molecule has 1 amide bonds. The summed E-state index contributed by atoms with van der Waals surface area (Å²) in [6.07, 6.45) is 3.71. The molecule has 0 aliphatic heterocycles. The first-order valence-electron chi connectivity index (χ1n) is 12.1. The van der Waals surface area contributed by atoms with Gasteiger partial charge in [0, 0.05) is 42.0 Å². The lowest BCUT2D eigenvalue weighted by Crippen LogP contribution is -2.46. The first-order valence-corrected chi connectivity index (χ1v) is 13.0.